The van der Waals surface area contributed by atoms with Crippen LogP contribution in [0.4, 0.5) is 0 Å². The summed E-state index contributed by atoms with van der Waals surface area (Å²) >= 11 is 0. The van der Waals surface area contributed by atoms with Gasteiger partial charge in [-0.2, -0.15) is 0 Å². The second-order valence-electron chi connectivity index (χ2n) is 8.03. The minimum Gasteiger partial charge on any atom is -0.464 e. The molecule has 0 aliphatic heterocycles. The van der Waals surface area contributed by atoms with Gasteiger partial charge in [0.05, 0.1) is 12.5 Å². The molecule has 151 valence electrons. The molecule has 0 saturated heterocycles. The Morgan fingerprint density at radius 1 is 0.750 bits per heavy atom. The van der Waals surface area contributed by atoms with E-state index in [1.165, 1.54) is 10.8 Å². The molecule has 4 aromatic heterocycles. The molecule has 1 radical (unpaired) electrons. The molecule has 0 fully saturated rings. The lowest BCUT2D eigenvalue weighted by Crippen LogP contribution is -1.87. The summed E-state index contributed by atoms with van der Waals surface area (Å²) in [4.78, 5) is 10.4. The van der Waals surface area contributed by atoms with Gasteiger partial charge in [-0.15, -0.1) is 0 Å². The average Bonchev–Trinajstić information content (AvgIpc) is 3.63. The fraction of sp³-hybridized carbons (Fsp3) is 0. The molecule has 0 unspecified atom stereocenters. The molecule has 7 rings (SSSR count). The van der Waals surface area contributed by atoms with Gasteiger partial charge in [0.1, 0.15) is 5.76 Å². The van der Waals surface area contributed by atoms with Crippen molar-refractivity contribution in [2.24, 2.45) is 0 Å². The molecule has 4 heteroatoms. The topological polar surface area (TPSA) is 60.5 Å². The number of aromatic amines is 3. The lowest BCUT2D eigenvalue weighted by atomic mass is 9.93. The van der Waals surface area contributed by atoms with Crippen molar-refractivity contribution >= 4 is 32.7 Å². The highest BCUT2D eigenvalue weighted by atomic mass is 16.3. The quantitative estimate of drug-likeness (QED) is 0.276. The van der Waals surface area contributed by atoms with Gasteiger partial charge in [-0.25, -0.2) is 0 Å². The summed E-state index contributed by atoms with van der Waals surface area (Å²) in [6, 6.07) is 27.1. The van der Waals surface area contributed by atoms with Gasteiger partial charge in [-0.05, 0) is 42.5 Å². The molecule has 0 aliphatic carbocycles. The minimum atomic E-state index is 0.839. The Bertz CT molecular complexity index is 1690. The largest absolute Gasteiger partial charge is 0.464 e. The maximum absolute atomic E-state index is 5.84. The van der Waals surface area contributed by atoms with Crippen LogP contribution in [0.5, 0.6) is 0 Å². The molecule has 4 heterocycles. The predicted molar refractivity (Wildman–Crippen MR) is 129 cm³/mol. The molecule has 7 aromatic rings. The van der Waals surface area contributed by atoms with Crippen LogP contribution < -0.4 is 0 Å². The van der Waals surface area contributed by atoms with Crippen molar-refractivity contribution in [1.82, 2.24) is 15.0 Å². The minimum absolute atomic E-state index is 0.839. The van der Waals surface area contributed by atoms with Crippen molar-refractivity contribution in [3.8, 4) is 33.7 Å². The Balaban J connectivity index is 1.61. The molecule has 0 bridgehead atoms. The van der Waals surface area contributed by atoms with Crippen LogP contribution in [0.15, 0.2) is 95.7 Å². The Hall–Kier alpha value is -4.44. The summed E-state index contributed by atoms with van der Waals surface area (Å²) in [6.45, 7) is 0. The summed E-state index contributed by atoms with van der Waals surface area (Å²) in [6.07, 6.45) is 7.22. The number of H-pyrrole nitrogens is 3. The van der Waals surface area contributed by atoms with Gasteiger partial charge in [0.25, 0.3) is 0 Å². The maximum atomic E-state index is 5.84. The number of benzene rings is 3. The van der Waals surface area contributed by atoms with Crippen molar-refractivity contribution in [2.75, 3.05) is 0 Å². The van der Waals surface area contributed by atoms with E-state index < -0.39 is 0 Å². The first-order chi connectivity index (χ1) is 15.9. The van der Waals surface area contributed by atoms with E-state index in [1.807, 2.05) is 18.2 Å². The molecule has 0 aliphatic rings. The van der Waals surface area contributed by atoms with Gasteiger partial charge in [0, 0.05) is 66.9 Å². The van der Waals surface area contributed by atoms with E-state index >= 15 is 0 Å². The third kappa shape index (κ3) is 2.44. The molecule has 3 N–H and O–H groups in total. The van der Waals surface area contributed by atoms with Crippen LogP contribution in [0.1, 0.15) is 0 Å². The van der Waals surface area contributed by atoms with Crippen LogP contribution in [0.3, 0.4) is 0 Å². The molecule has 0 amide bonds. The third-order valence-electron chi connectivity index (χ3n) is 6.22. The van der Waals surface area contributed by atoms with Crippen LogP contribution in [0.25, 0.3) is 66.4 Å². The van der Waals surface area contributed by atoms with Gasteiger partial charge in [0.2, 0.25) is 0 Å². The Kier molecular flexibility index (Phi) is 3.52. The summed E-state index contributed by atoms with van der Waals surface area (Å²) in [5.74, 6) is 0.839. The van der Waals surface area contributed by atoms with Gasteiger partial charge < -0.3 is 19.4 Å². The molecule has 0 saturated carbocycles. The number of para-hydroxylation sites is 2. The van der Waals surface area contributed by atoms with Crippen LogP contribution in [-0.2, 0) is 0 Å². The van der Waals surface area contributed by atoms with Gasteiger partial charge >= 0.3 is 0 Å². The van der Waals surface area contributed by atoms with Gasteiger partial charge in [0.15, 0.2) is 0 Å². The van der Waals surface area contributed by atoms with Gasteiger partial charge in [-0.1, -0.05) is 36.4 Å². The van der Waals surface area contributed by atoms with Gasteiger partial charge in [-0.3, -0.25) is 0 Å². The van der Waals surface area contributed by atoms with Crippen molar-refractivity contribution in [1.29, 1.82) is 0 Å². The average molecular weight is 412 g/mol. The molecule has 0 spiro atoms. The number of rotatable bonds is 3. The summed E-state index contributed by atoms with van der Waals surface area (Å²) in [5.41, 5.74) is 8.62. The summed E-state index contributed by atoms with van der Waals surface area (Å²) in [5, 5.41) is 3.48. The van der Waals surface area contributed by atoms with E-state index in [0.717, 1.165) is 55.6 Å². The molecule has 4 nitrogen and oxygen atoms in total. The van der Waals surface area contributed by atoms with E-state index in [2.05, 4.69) is 88.0 Å². The standard InChI is InChI=1S/C28H18N3O/c1-3-8-22-17(6-1)14-25(31-22)27-19(26-10-5-13-32-26)11-12-24-28(27)21(16-30-24)20-15-29-23-9-4-2-7-18(20)23/h1-15,29-31H. The first kappa shape index (κ1) is 17.3. The van der Waals surface area contributed by atoms with E-state index in [1.54, 1.807) is 6.26 Å². The lowest BCUT2D eigenvalue weighted by Gasteiger charge is -2.10. The van der Waals surface area contributed by atoms with Crippen LogP contribution in [0, 0.1) is 6.20 Å². The zero-order chi connectivity index (χ0) is 21.1. The fourth-order valence-electron chi connectivity index (χ4n) is 4.76. The molecule has 0 atom stereocenters. The van der Waals surface area contributed by atoms with E-state index in [0.29, 0.717) is 0 Å². The highest BCUT2D eigenvalue weighted by Crippen LogP contribution is 2.44. The van der Waals surface area contributed by atoms with Crippen molar-refractivity contribution in [3.05, 3.63) is 97.5 Å². The zero-order valence-corrected chi connectivity index (χ0v) is 17.1. The monoisotopic (exact) mass is 412 g/mol. The number of hydrogen-bond acceptors (Lipinski definition) is 1. The van der Waals surface area contributed by atoms with Crippen molar-refractivity contribution in [2.45, 2.75) is 0 Å². The number of hydrogen-bond donors (Lipinski definition) is 3. The predicted octanol–water partition coefficient (Wildman–Crippen LogP) is 7.52. The fourth-order valence-corrected chi connectivity index (χ4v) is 4.76. The SMILES string of the molecule is [c]1[nH]c2ccc(-c3ccco3)c(-c3cc4ccccc4[nH]3)c2c1-c1c[nH]c2ccccc12. The van der Waals surface area contributed by atoms with Crippen LogP contribution in [0.2, 0.25) is 0 Å². The van der Waals surface area contributed by atoms with Crippen LogP contribution >= 0.6 is 0 Å². The Morgan fingerprint density at radius 2 is 1.62 bits per heavy atom. The number of fused-ring (bicyclic) bond motifs is 3. The van der Waals surface area contributed by atoms with E-state index in [4.69, 9.17) is 4.42 Å². The first-order valence-electron chi connectivity index (χ1n) is 10.6. The first-order valence-corrected chi connectivity index (χ1v) is 10.6. The molecule has 32 heavy (non-hydrogen) atoms. The maximum Gasteiger partial charge on any atom is 0.134 e. The van der Waals surface area contributed by atoms with Crippen LogP contribution in [-0.4, -0.2) is 15.0 Å². The summed E-state index contributed by atoms with van der Waals surface area (Å²) in [7, 11) is 0. The highest BCUT2D eigenvalue weighted by Gasteiger charge is 2.21. The molecular weight excluding hydrogens is 394 g/mol. The van der Waals surface area contributed by atoms with Crippen molar-refractivity contribution < 1.29 is 4.42 Å². The lowest BCUT2D eigenvalue weighted by molar-refractivity contribution is 0.582. The second kappa shape index (κ2) is 6.53. The van der Waals surface area contributed by atoms with E-state index in [9.17, 15) is 0 Å². The molecular formula is C28H18N3O. The number of nitrogens with one attached hydrogen (secondary N) is 3. The Labute approximate surface area is 183 Å². The molecule has 3 aromatic carbocycles. The number of furan rings is 1. The Morgan fingerprint density at radius 3 is 2.50 bits per heavy atom. The van der Waals surface area contributed by atoms with Crippen molar-refractivity contribution in [3.63, 3.8) is 0 Å². The third-order valence-corrected chi connectivity index (χ3v) is 6.22. The zero-order valence-electron chi connectivity index (χ0n) is 17.1. The second-order valence-corrected chi connectivity index (χ2v) is 8.03. The summed E-state index contributed by atoms with van der Waals surface area (Å²) < 4.78 is 5.84. The smallest absolute Gasteiger partial charge is 0.134 e. The number of aromatic nitrogens is 3. The highest BCUT2D eigenvalue weighted by molar-refractivity contribution is 6.13. The normalized spacial score (nSPS) is 11.8. The van der Waals surface area contributed by atoms with E-state index in [-0.39, 0.29) is 0 Å².